The van der Waals surface area contributed by atoms with E-state index < -0.39 is 0 Å². The molecule has 0 radical (unpaired) electrons. The van der Waals surface area contributed by atoms with Crippen LogP contribution < -0.4 is 14.4 Å². The summed E-state index contributed by atoms with van der Waals surface area (Å²) in [7, 11) is 1.61. The van der Waals surface area contributed by atoms with Gasteiger partial charge in [-0.1, -0.05) is 42.2 Å². The van der Waals surface area contributed by atoms with Crippen molar-refractivity contribution in [3.63, 3.8) is 0 Å². The van der Waals surface area contributed by atoms with Crippen LogP contribution >= 0.6 is 24.0 Å². The van der Waals surface area contributed by atoms with Crippen molar-refractivity contribution in [2.45, 2.75) is 6.92 Å². The molecule has 0 spiro atoms. The lowest BCUT2D eigenvalue weighted by molar-refractivity contribution is -0.113. The number of amides is 1. The minimum atomic E-state index is -0.134. The van der Waals surface area contributed by atoms with Gasteiger partial charge in [-0.15, -0.1) is 0 Å². The van der Waals surface area contributed by atoms with Gasteiger partial charge in [0.15, 0.2) is 4.32 Å². The molecule has 1 heterocycles. The molecular formula is C19H17NO3S2. The van der Waals surface area contributed by atoms with Crippen LogP contribution in [0, 0.1) is 0 Å². The smallest absolute Gasteiger partial charge is 0.270 e. The monoisotopic (exact) mass is 371 g/mol. The molecule has 1 aliphatic heterocycles. The van der Waals surface area contributed by atoms with Crippen LogP contribution in [0.25, 0.3) is 6.08 Å². The predicted octanol–water partition coefficient (Wildman–Crippen LogP) is 4.50. The summed E-state index contributed by atoms with van der Waals surface area (Å²) >= 11 is 6.69. The fourth-order valence-electron chi connectivity index (χ4n) is 2.48. The first kappa shape index (κ1) is 17.5. The maximum Gasteiger partial charge on any atom is 0.270 e. The summed E-state index contributed by atoms with van der Waals surface area (Å²) in [6.45, 7) is 2.53. The Morgan fingerprint density at radius 1 is 1.16 bits per heavy atom. The number of nitrogens with zero attached hydrogens (tertiary/aromatic N) is 1. The fourth-order valence-corrected chi connectivity index (χ4v) is 3.77. The van der Waals surface area contributed by atoms with Crippen molar-refractivity contribution in [3.05, 3.63) is 59.0 Å². The minimum Gasteiger partial charge on any atom is -0.496 e. The van der Waals surface area contributed by atoms with Crippen LogP contribution in [-0.2, 0) is 4.79 Å². The van der Waals surface area contributed by atoms with Crippen molar-refractivity contribution in [1.82, 2.24) is 0 Å². The number of para-hydroxylation sites is 1. The first-order chi connectivity index (χ1) is 12.1. The van der Waals surface area contributed by atoms with Gasteiger partial charge in [-0.25, -0.2) is 0 Å². The number of carbonyl (C=O) groups is 1. The van der Waals surface area contributed by atoms with E-state index >= 15 is 0 Å². The molecule has 4 nitrogen and oxygen atoms in total. The number of thiocarbonyl (C=S) groups is 1. The molecule has 6 heteroatoms. The Morgan fingerprint density at radius 3 is 2.56 bits per heavy atom. The van der Waals surface area contributed by atoms with Gasteiger partial charge in [0.1, 0.15) is 11.5 Å². The Bertz CT molecular complexity index is 831. The lowest BCUT2D eigenvalue weighted by Crippen LogP contribution is -2.27. The SMILES string of the molecule is CCOc1ccc(N2C(=O)/C(=C/c3ccccc3OC)SC2=S)cc1. The third-order valence-corrected chi connectivity index (χ3v) is 4.93. The zero-order valence-corrected chi connectivity index (χ0v) is 15.5. The molecule has 0 saturated carbocycles. The number of hydrogen-bond donors (Lipinski definition) is 0. The molecule has 1 saturated heterocycles. The quantitative estimate of drug-likeness (QED) is 0.572. The van der Waals surface area contributed by atoms with Crippen LogP contribution in [0.1, 0.15) is 12.5 Å². The Hall–Kier alpha value is -2.31. The highest BCUT2D eigenvalue weighted by Crippen LogP contribution is 2.37. The zero-order chi connectivity index (χ0) is 17.8. The molecule has 1 fully saturated rings. The summed E-state index contributed by atoms with van der Waals surface area (Å²) in [6.07, 6.45) is 1.81. The van der Waals surface area contributed by atoms with E-state index in [4.69, 9.17) is 21.7 Å². The molecule has 0 unspecified atom stereocenters. The van der Waals surface area contributed by atoms with Crippen LogP contribution in [0.5, 0.6) is 11.5 Å². The number of anilines is 1. The van der Waals surface area contributed by atoms with E-state index in [1.165, 1.54) is 16.7 Å². The molecule has 0 atom stereocenters. The Balaban J connectivity index is 1.88. The number of thioether (sulfide) groups is 1. The molecule has 0 aromatic heterocycles. The van der Waals surface area contributed by atoms with Crippen molar-refractivity contribution in [3.8, 4) is 11.5 Å². The van der Waals surface area contributed by atoms with E-state index in [-0.39, 0.29) is 5.91 Å². The summed E-state index contributed by atoms with van der Waals surface area (Å²) in [6, 6.07) is 14.9. The number of hydrogen-bond acceptors (Lipinski definition) is 5. The van der Waals surface area contributed by atoms with Crippen LogP contribution in [-0.4, -0.2) is 23.9 Å². The second-order valence-electron chi connectivity index (χ2n) is 5.19. The highest BCUT2D eigenvalue weighted by atomic mass is 32.2. The number of methoxy groups -OCH3 is 1. The number of ether oxygens (including phenoxy) is 2. The van der Waals surface area contributed by atoms with Gasteiger partial charge in [0.05, 0.1) is 24.3 Å². The Kier molecular flexibility index (Phi) is 5.40. The van der Waals surface area contributed by atoms with E-state index in [9.17, 15) is 4.79 Å². The van der Waals surface area contributed by atoms with E-state index in [1.807, 2.05) is 61.5 Å². The lowest BCUT2D eigenvalue weighted by atomic mass is 10.2. The largest absolute Gasteiger partial charge is 0.496 e. The molecule has 1 aliphatic rings. The maximum absolute atomic E-state index is 12.8. The average Bonchev–Trinajstić information content (AvgIpc) is 2.90. The Labute approximate surface area is 156 Å². The highest BCUT2D eigenvalue weighted by molar-refractivity contribution is 8.27. The van der Waals surface area contributed by atoms with Gasteiger partial charge >= 0.3 is 0 Å². The summed E-state index contributed by atoms with van der Waals surface area (Å²) in [5.41, 5.74) is 1.58. The second-order valence-corrected chi connectivity index (χ2v) is 6.86. The third kappa shape index (κ3) is 3.70. The molecule has 2 aromatic carbocycles. The summed E-state index contributed by atoms with van der Waals surface area (Å²) in [5.74, 6) is 1.35. The molecule has 3 rings (SSSR count). The normalized spacial score (nSPS) is 15.8. The Morgan fingerprint density at radius 2 is 1.88 bits per heavy atom. The molecule has 128 valence electrons. The number of carbonyl (C=O) groups excluding carboxylic acids is 1. The van der Waals surface area contributed by atoms with Crippen LogP contribution in [0.4, 0.5) is 5.69 Å². The van der Waals surface area contributed by atoms with Crippen molar-refractivity contribution < 1.29 is 14.3 Å². The van der Waals surface area contributed by atoms with E-state index in [2.05, 4.69) is 0 Å². The molecule has 2 aromatic rings. The summed E-state index contributed by atoms with van der Waals surface area (Å²) < 4.78 is 11.3. The highest BCUT2D eigenvalue weighted by Gasteiger charge is 2.33. The van der Waals surface area contributed by atoms with Gasteiger partial charge in [0.25, 0.3) is 5.91 Å². The molecule has 0 bridgehead atoms. The van der Waals surface area contributed by atoms with Crippen molar-refractivity contribution in [1.29, 1.82) is 0 Å². The van der Waals surface area contributed by atoms with Crippen LogP contribution in [0.3, 0.4) is 0 Å². The molecule has 1 amide bonds. The van der Waals surface area contributed by atoms with Gasteiger partial charge in [0, 0.05) is 5.56 Å². The standard InChI is InChI=1S/C19H17NO3S2/c1-3-23-15-10-8-14(9-11-15)20-18(21)17(25-19(20)24)12-13-6-4-5-7-16(13)22-2/h4-12H,3H2,1-2H3/b17-12-. The first-order valence-corrected chi connectivity index (χ1v) is 9.00. The lowest BCUT2D eigenvalue weighted by Gasteiger charge is -2.15. The van der Waals surface area contributed by atoms with Crippen molar-refractivity contribution in [2.24, 2.45) is 0 Å². The van der Waals surface area contributed by atoms with Gasteiger partial charge in [-0.3, -0.25) is 9.69 Å². The fraction of sp³-hybridized carbons (Fsp3) is 0.158. The summed E-state index contributed by atoms with van der Waals surface area (Å²) in [5, 5.41) is 0. The van der Waals surface area contributed by atoms with Crippen LogP contribution in [0.15, 0.2) is 53.4 Å². The van der Waals surface area contributed by atoms with Crippen LogP contribution in [0.2, 0.25) is 0 Å². The topological polar surface area (TPSA) is 38.8 Å². The average molecular weight is 371 g/mol. The molecule has 25 heavy (non-hydrogen) atoms. The predicted molar refractivity (Wildman–Crippen MR) is 106 cm³/mol. The van der Waals surface area contributed by atoms with E-state index in [0.29, 0.717) is 21.6 Å². The molecule has 0 N–H and O–H groups in total. The van der Waals surface area contributed by atoms with Crippen molar-refractivity contribution >= 4 is 46.0 Å². The van der Waals surface area contributed by atoms with Gasteiger partial charge in [-0.05, 0) is 43.3 Å². The van der Waals surface area contributed by atoms with E-state index in [1.54, 1.807) is 7.11 Å². The zero-order valence-electron chi connectivity index (χ0n) is 13.9. The number of rotatable bonds is 5. The molecule has 0 aliphatic carbocycles. The second kappa shape index (κ2) is 7.72. The van der Waals surface area contributed by atoms with Gasteiger partial charge in [-0.2, -0.15) is 0 Å². The molecular weight excluding hydrogens is 354 g/mol. The van der Waals surface area contributed by atoms with Gasteiger partial charge in [0.2, 0.25) is 0 Å². The minimum absolute atomic E-state index is 0.134. The summed E-state index contributed by atoms with van der Waals surface area (Å²) in [4.78, 5) is 14.9. The third-order valence-electron chi connectivity index (χ3n) is 3.63. The number of benzene rings is 2. The van der Waals surface area contributed by atoms with E-state index in [0.717, 1.165) is 17.0 Å². The maximum atomic E-state index is 12.8. The van der Waals surface area contributed by atoms with Gasteiger partial charge < -0.3 is 9.47 Å². The van der Waals surface area contributed by atoms with Crippen molar-refractivity contribution in [2.75, 3.05) is 18.6 Å². The first-order valence-electron chi connectivity index (χ1n) is 7.78.